The number of benzene rings is 3. The molecule has 6 N–H and O–H groups in total. The lowest BCUT2D eigenvalue weighted by molar-refractivity contribution is -0.120. The Balaban J connectivity index is 1.39. The van der Waals surface area contributed by atoms with Crippen LogP contribution in [-0.2, 0) is 30.7 Å². The number of aliphatic hydroxyl groups is 2. The number of rotatable bonds is 10. The fourth-order valence-corrected chi connectivity index (χ4v) is 5.21. The van der Waals surface area contributed by atoms with E-state index >= 15 is 0 Å². The minimum absolute atomic E-state index is 0.0143. The number of fused-ring (bicyclic) bond motifs is 1. The molecule has 4 rings (SSSR count). The molecule has 1 aliphatic carbocycles. The lowest BCUT2D eigenvalue weighted by Crippen LogP contribution is -2.32. The van der Waals surface area contributed by atoms with Gasteiger partial charge in [-0.2, -0.15) is 0 Å². The summed E-state index contributed by atoms with van der Waals surface area (Å²) in [5, 5.41) is 33.0. The normalized spacial score (nSPS) is 16.0. The van der Waals surface area contributed by atoms with Gasteiger partial charge in [-0.1, -0.05) is 54.6 Å². The van der Waals surface area contributed by atoms with E-state index in [4.69, 9.17) is 5.73 Å². The molecule has 0 radical (unpaired) electrons. The Morgan fingerprint density at radius 1 is 1.03 bits per heavy atom. The van der Waals surface area contributed by atoms with E-state index in [-0.39, 0.29) is 36.1 Å². The molecule has 0 aliphatic heterocycles. The van der Waals surface area contributed by atoms with Crippen LogP contribution < -0.4 is 11.1 Å². The SMILES string of the molecule is C[C@H](Cc1cccc(C(C(N)=O)C2Cc3ccccc3C2)c1)NC[C@H](O)c1ccc(O)c(CO)c1. The Bertz CT molecular complexity index is 1150. The molecule has 6 heteroatoms. The van der Waals surface area contributed by atoms with Crippen molar-refractivity contribution in [1.82, 2.24) is 5.32 Å². The number of carbonyl (C=O) groups is 1. The number of primary amides is 1. The number of carbonyl (C=O) groups excluding carboxylic acids is 1. The van der Waals surface area contributed by atoms with Gasteiger partial charge in [-0.25, -0.2) is 0 Å². The predicted octanol–water partition coefficient (Wildman–Crippen LogP) is 3.12. The molecule has 0 saturated heterocycles. The van der Waals surface area contributed by atoms with Crippen LogP contribution in [0.1, 0.15) is 52.3 Å². The molecule has 0 bridgehead atoms. The van der Waals surface area contributed by atoms with Crippen LogP contribution in [-0.4, -0.2) is 33.8 Å². The molecule has 3 aromatic carbocycles. The Morgan fingerprint density at radius 2 is 1.74 bits per heavy atom. The summed E-state index contributed by atoms with van der Waals surface area (Å²) >= 11 is 0. The summed E-state index contributed by atoms with van der Waals surface area (Å²) in [7, 11) is 0. The highest BCUT2D eigenvalue weighted by molar-refractivity contribution is 5.82. The molecule has 35 heavy (non-hydrogen) atoms. The Labute approximate surface area is 206 Å². The van der Waals surface area contributed by atoms with Crippen molar-refractivity contribution in [2.24, 2.45) is 11.7 Å². The summed E-state index contributed by atoms with van der Waals surface area (Å²) in [6.07, 6.45) is 1.69. The molecule has 0 saturated carbocycles. The number of hydrogen-bond donors (Lipinski definition) is 5. The molecule has 3 atom stereocenters. The van der Waals surface area contributed by atoms with Crippen LogP contribution in [0.15, 0.2) is 66.7 Å². The van der Waals surface area contributed by atoms with Gasteiger partial charge in [-0.15, -0.1) is 0 Å². The van der Waals surface area contributed by atoms with Crippen molar-refractivity contribution in [2.45, 2.75) is 50.9 Å². The number of aliphatic hydroxyl groups excluding tert-OH is 2. The van der Waals surface area contributed by atoms with Gasteiger partial charge in [0.1, 0.15) is 5.75 Å². The second-order valence-corrected chi connectivity index (χ2v) is 9.64. The van der Waals surface area contributed by atoms with E-state index in [9.17, 15) is 20.1 Å². The molecule has 3 aromatic rings. The van der Waals surface area contributed by atoms with Crippen molar-refractivity contribution < 1.29 is 20.1 Å². The lowest BCUT2D eigenvalue weighted by Gasteiger charge is -2.22. The standard InChI is InChI=1S/C29H34N2O4/c1-18(31-16-27(34)22-9-10-26(33)25(15-22)17-32)11-19-5-4-8-23(12-19)28(29(30)35)24-13-20-6-2-3-7-21(20)14-24/h2-10,12,15,18,24,27-28,31-34H,11,13-14,16-17H2,1H3,(H2,30,35)/t18-,27+,28?/m1/s1. The van der Waals surface area contributed by atoms with Crippen LogP contribution in [0, 0.1) is 5.92 Å². The van der Waals surface area contributed by atoms with Gasteiger partial charge in [-0.05, 0) is 72.1 Å². The smallest absolute Gasteiger partial charge is 0.225 e. The quantitative estimate of drug-likeness (QED) is 0.310. The van der Waals surface area contributed by atoms with Gasteiger partial charge in [0.2, 0.25) is 5.91 Å². The van der Waals surface area contributed by atoms with E-state index < -0.39 is 6.10 Å². The summed E-state index contributed by atoms with van der Waals surface area (Å²) in [5.41, 5.74) is 11.6. The van der Waals surface area contributed by atoms with Crippen LogP contribution in [0.4, 0.5) is 0 Å². The Morgan fingerprint density at radius 3 is 2.40 bits per heavy atom. The van der Waals surface area contributed by atoms with Gasteiger partial charge in [0.15, 0.2) is 0 Å². The van der Waals surface area contributed by atoms with Crippen molar-refractivity contribution in [3.8, 4) is 5.75 Å². The number of amides is 1. The first-order valence-electron chi connectivity index (χ1n) is 12.1. The largest absolute Gasteiger partial charge is 0.508 e. The molecular weight excluding hydrogens is 440 g/mol. The zero-order valence-electron chi connectivity index (χ0n) is 20.0. The summed E-state index contributed by atoms with van der Waals surface area (Å²) in [6.45, 7) is 2.10. The van der Waals surface area contributed by atoms with Crippen molar-refractivity contribution >= 4 is 5.91 Å². The number of nitrogens with two attached hydrogens (primary N) is 1. The summed E-state index contributed by atoms with van der Waals surface area (Å²) in [5.74, 6) is -0.437. The van der Waals surface area contributed by atoms with Crippen LogP contribution in [0.2, 0.25) is 0 Å². The fraction of sp³-hybridized carbons (Fsp3) is 0.345. The fourth-order valence-electron chi connectivity index (χ4n) is 5.21. The van der Waals surface area contributed by atoms with Crippen LogP contribution in [0.3, 0.4) is 0 Å². The highest BCUT2D eigenvalue weighted by atomic mass is 16.3. The van der Waals surface area contributed by atoms with Gasteiger partial charge in [0.25, 0.3) is 0 Å². The lowest BCUT2D eigenvalue weighted by atomic mass is 9.82. The van der Waals surface area contributed by atoms with E-state index in [0.29, 0.717) is 17.7 Å². The molecule has 184 valence electrons. The Hall–Kier alpha value is -3.19. The molecule has 1 aliphatic rings. The third kappa shape index (κ3) is 5.90. The van der Waals surface area contributed by atoms with E-state index in [1.807, 2.05) is 30.3 Å². The number of nitrogens with one attached hydrogen (secondary N) is 1. The second kappa shape index (κ2) is 11.0. The number of aromatic hydroxyl groups is 1. The molecule has 0 aromatic heterocycles. The summed E-state index contributed by atoms with van der Waals surface area (Å²) in [6, 6.07) is 21.3. The Kier molecular flexibility index (Phi) is 7.86. The van der Waals surface area contributed by atoms with Crippen molar-refractivity contribution in [3.63, 3.8) is 0 Å². The van der Waals surface area contributed by atoms with Crippen molar-refractivity contribution in [1.29, 1.82) is 0 Å². The van der Waals surface area contributed by atoms with E-state index in [1.54, 1.807) is 12.1 Å². The van der Waals surface area contributed by atoms with Crippen LogP contribution >= 0.6 is 0 Å². The zero-order valence-corrected chi connectivity index (χ0v) is 20.0. The molecule has 6 nitrogen and oxygen atoms in total. The molecule has 0 spiro atoms. The second-order valence-electron chi connectivity index (χ2n) is 9.64. The molecule has 0 fully saturated rings. The van der Waals surface area contributed by atoms with Gasteiger partial charge in [0.05, 0.1) is 18.6 Å². The molecule has 1 amide bonds. The van der Waals surface area contributed by atoms with Crippen LogP contribution in [0.25, 0.3) is 0 Å². The third-order valence-corrected chi connectivity index (χ3v) is 7.03. The van der Waals surface area contributed by atoms with Crippen molar-refractivity contribution in [3.05, 3.63) is 100 Å². The minimum atomic E-state index is -0.766. The highest BCUT2D eigenvalue weighted by Crippen LogP contribution is 2.37. The van der Waals surface area contributed by atoms with Gasteiger partial charge in [-0.3, -0.25) is 4.79 Å². The first-order valence-corrected chi connectivity index (χ1v) is 12.1. The maximum absolute atomic E-state index is 12.5. The first kappa shape index (κ1) is 24.9. The topological polar surface area (TPSA) is 116 Å². The average molecular weight is 475 g/mol. The van der Waals surface area contributed by atoms with Crippen molar-refractivity contribution in [2.75, 3.05) is 6.54 Å². The van der Waals surface area contributed by atoms with Gasteiger partial charge >= 0.3 is 0 Å². The molecular formula is C29H34N2O4. The van der Waals surface area contributed by atoms with E-state index in [0.717, 1.165) is 30.4 Å². The predicted molar refractivity (Wildman–Crippen MR) is 136 cm³/mol. The summed E-state index contributed by atoms with van der Waals surface area (Å²) in [4.78, 5) is 12.5. The van der Waals surface area contributed by atoms with Gasteiger partial charge in [0, 0.05) is 18.2 Å². The average Bonchev–Trinajstić information content (AvgIpc) is 3.26. The third-order valence-electron chi connectivity index (χ3n) is 7.03. The van der Waals surface area contributed by atoms with Gasteiger partial charge < -0.3 is 26.4 Å². The maximum atomic E-state index is 12.5. The van der Waals surface area contributed by atoms with E-state index in [2.05, 4.69) is 30.4 Å². The zero-order chi connectivity index (χ0) is 24.9. The maximum Gasteiger partial charge on any atom is 0.225 e. The monoisotopic (exact) mass is 474 g/mol. The minimum Gasteiger partial charge on any atom is -0.508 e. The first-order chi connectivity index (χ1) is 16.9. The molecule has 1 unspecified atom stereocenters. The van der Waals surface area contributed by atoms with Crippen LogP contribution in [0.5, 0.6) is 5.75 Å². The summed E-state index contributed by atoms with van der Waals surface area (Å²) < 4.78 is 0. The van der Waals surface area contributed by atoms with E-state index in [1.165, 1.54) is 17.2 Å². The number of hydrogen-bond acceptors (Lipinski definition) is 5. The number of phenols is 1. The highest BCUT2D eigenvalue weighted by Gasteiger charge is 2.33. The molecule has 0 heterocycles.